The fraction of sp³-hybridized carbons (Fsp3) is 0.857. The predicted molar refractivity (Wildman–Crippen MR) is 42.9 cm³/mol. The third-order valence-corrected chi connectivity index (χ3v) is 2.78. The van der Waals surface area contributed by atoms with Crippen LogP contribution in [0.25, 0.3) is 0 Å². The van der Waals surface area contributed by atoms with E-state index in [4.69, 9.17) is 16.7 Å². The van der Waals surface area contributed by atoms with Crippen molar-refractivity contribution in [3.8, 4) is 0 Å². The maximum atomic E-state index is 10.8. The van der Waals surface area contributed by atoms with E-state index in [1.54, 1.807) is 0 Å². The summed E-state index contributed by atoms with van der Waals surface area (Å²) in [6, 6.07) is 0. The lowest BCUT2D eigenvalue weighted by molar-refractivity contribution is -0.149. The second-order valence-corrected chi connectivity index (χ2v) is 3.24. The predicted octanol–water partition coefficient (Wildman–Crippen LogP) is 0.680. The van der Waals surface area contributed by atoms with Gasteiger partial charge in [0.2, 0.25) is 0 Å². The molecule has 0 aromatic rings. The number of carboxylic acid groups (broad SMARTS) is 1. The first-order valence-electron chi connectivity index (χ1n) is 3.71. The number of rotatable bonds is 2. The summed E-state index contributed by atoms with van der Waals surface area (Å²) < 4.78 is 0. The molecule has 3 nitrogen and oxygen atoms in total. The van der Waals surface area contributed by atoms with E-state index in [0.29, 0.717) is 12.8 Å². The lowest BCUT2D eigenvalue weighted by Crippen LogP contribution is -2.43. The standard InChI is InChI=1S/C7H12ClNO2/c8-5-7(6(10)11)1-3-9-4-2-7/h9H,1-5H2,(H,10,11). The number of nitrogens with one attached hydrogen (secondary N) is 1. The van der Waals surface area contributed by atoms with Gasteiger partial charge in [0.05, 0.1) is 5.41 Å². The molecule has 0 amide bonds. The lowest BCUT2D eigenvalue weighted by atomic mass is 9.81. The molecule has 11 heavy (non-hydrogen) atoms. The van der Waals surface area contributed by atoms with Crippen LogP contribution in [0.5, 0.6) is 0 Å². The summed E-state index contributed by atoms with van der Waals surface area (Å²) in [6.45, 7) is 1.53. The fourth-order valence-electron chi connectivity index (χ4n) is 1.31. The molecule has 0 aliphatic carbocycles. The maximum Gasteiger partial charge on any atom is 0.310 e. The summed E-state index contributed by atoms with van der Waals surface area (Å²) in [5.74, 6) is -0.529. The van der Waals surface area contributed by atoms with Crippen molar-refractivity contribution in [2.24, 2.45) is 5.41 Å². The Hall–Kier alpha value is -0.280. The number of hydrogen-bond donors (Lipinski definition) is 2. The molecule has 0 bridgehead atoms. The molecule has 0 unspecified atom stereocenters. The Labute approximate surface area is 70.7 Å². The molecule has 64 valence electrons. The molecule has 0 atom stereocenters. The van der Waals surface area contributed by atoms with E-state index in [0.717, 1.165) is 13.1 Å². The summed E-state index contributed by atoms with van der Waals surface area (Å²) in [5.41, 5.74) is -0.660. The smallest absolute Gasteiger partial charge is 0.310 e. The van der Waals surface area contributed by atoms with Gasteiger partial charge < -0.3 is 10.4 Å². The SMILES string of the molecule is O=C(O)C1(CCl)CCNCC1. The quantitative estimate of drug-likeness (QED) is 0.610. The molecular weight excluding hydrogens is 166 g/mol. The number of carbonyl (C=O) groups is 1. The average Bonchev–Trinajstić information content (AvgIpc) is 2.05. The fourth-order valence-corrected chi connectivity index (χ4v) is 1.69. The van der Waals surface area contributed by atoms with Crippen LogP contribution in [0.4, 0.5) is 0 Å². The van der Waals surface area contributed by atoms with Crippen LogP contribution >= 0.6 is 11.6 Å². The Morgan fingerprint density at radius 2 is 2.09 bits per heavy atom. The maximum absolute atomic E-state index is 10.8. The van der Waals surface area contributed by atoms with Crippen LogP contribution < -0.4 is 5.32 Å². The minimum Gasteiger partial charge on any atom is -0.481 e. The van der Waals surface area contributed by atoms with Gasteiger partial charge in [-0.3, -0.25) is 4.79 Å². The van der Waals surface area contributed by atoms with Gasteiger partial charge in [0.15, 0.2) is 0 Å². The molecular formula is C7H12ClNO2. The van der Waals surface area contributed by atoms with Crippen LogP contribution in [0.3, 0.4) is 0 Å². The molecule has 0 aromatic carbocycles. The summed E-state index contributed by atoms with van der Waals surface area (Å²) in [5, 5.41) is 12.0. The number of piperidine rings is 1. The number of carboxylic acids is 1. The second-order valence-electron chi connectivity index (χ2n) is 2.97. The zero-order valence-corrected chi connectivity index (χ0v) is 7.02. The van der Waals surface area contributed by atoms with Crippen molar-refractivity contribution >= 4 is 17.6 Å². The Balaban J connectivity index is 2.64. The van der Waals surface area contributed by atoms with Crippen LogP contribution in [0.15, 0.2) is 0 Å². The van der Waals surface area contributed by atoms with Gasteiger partial charge in [-0.25, -0.2) is 0 Å². The zero-order chi connectivity index (χ0) is 8.32. The van der Waals surface area contributed by atoms with E-state index in [1.165, 1.54) is 0 Å². The first-order chi connectivity index (χ1) is 5.21. The molecule has 0 aromatic heterocycles. The van der Waals surface area contributed by atoms with Crippen molar-refractivity contribution in [2.75, 3.05) is 19.0 Å². The zero-order valence-electron chi connectivity index (χ0n) is 6.27. The first-order valence-corrected chi connectivity index (χ1v) is 4.25. The van der Waals surface area contributed by atoms with Crippen LogP contribution in [0.2, 0.25) is 0 Å². The van der Waals surface area contributed by atoms with Crippen LogP contribution in [-0.2, 0) is 4.79 Å². The Morgan fingerprint density at radius 3 is 2.36 bits per heavy atom. The van der Waals surface area contributed by atoms with Gasteiger partial charge >= 0.3 is 5.97 Å². The minimum absolute atomic E-state index is 0.226. The monoisotopic (exact) mass is 177 g/mol. The van der Waals surface area contributed by atoms with E-state index in [1.807, 2.05) is 0 Å². The highest BCUT2D eigenvalue weighted by atomic mass is 35.5. The molecule has 1 rings (SSSR count). The van der Waals surface area contributed by atoms with Crippen LogP contribution in [0, 0.1) is 5.41 Å². The van der Waals surface area contributed by atoms with Crippen molar-refractivity contribution in [2.45, 2.75) is 12.8 Å². The van der Waals surface area contributed by atoms with E-state index >= 15 is 0 Å². The van der Waals surface area contributed by atoms with E-state index in [2.05, 4.69) is 5.32 Å². The molecule has 1 heterocycles. The molecule has 0 saturated carbocycles. The summed E-state index contributed by atoms with van der Waals surface area (Å²) in [4.78, 5) is 10.8. The number of halogens is 1. The topological polar surface area (TPSA) is 49.3 Å². The summed E-state index contributed by atoms with van der Waals surface area (Å²) in [7, 11) is 0. The van der Waals surface area contributed by atoms with Gasteiger partial charge in [-0.05, 0) is 25.9 Å². The highest BCUT2D eigenvalue weighted by molar-refractivity contribution is 6.19. The first kappa shape index (κ1) is 8.81. The van der Waals surface area contributed by atoms with Crippen LogP contribution in [0.1, 0.15) is 12.8 Å². The second kappa shape index (κ2) is 3.41. The molecule has 4 heteroatoms. The highest BCUT2D eigenvalue weighted by Crippen LogP contribution is 2.30. The molecule has 2 N–H and O–H groups in total. The van der Waals surface area contributed by atoms with Gasteiger partial charge in [-0.2, -0.15) is 0 Å². The van der Waals surface area contributed by atoms with Crippen LogP contribution in [-0.4, -0.2) is 30.0 Å². The van der Waals surface area contributed by atoms with E-state index < -0.39 is 11.4 Å². The lowest BCUT2D eigenvalue weighted by Gasteiger charge is -2.31. The van der Waals surface area contributed by atoms with Gasteiger partial charge in [0.25, 0.3) is 0 Å². The Kier molecular flexibility index (Phi) is 2.73. The molecule has 1 saturated heterocycles. The van der Waals surface area contributed by atoms with E-state index in [9.17, 15) is 4.79 Å². The van der Waals surface area contributed by atoms with Crippen molar-refractivity contribution in [1.29, 1.82) is 0 Å². The normalized spacial score (nSPS) is 23.0. The number of aliphatic carboxylic acids is 1. The third kappa shape index (κ3) is 1.65. The number of alkyl halides is 1. The highest BCUT2D eigenvalue weighted by Gasteiger charge is 2.38. The van der Waals surface area contributed by atoms with Gasteiger partial charge in [0, 0.05) is 5.88 Å². The minimum atomic E-state index is -0.756. The largest absolute Gasteiger partial charge is 0.481 e. The summed E-state index contributed by atoms with van der Waals surface area (Å²) in [6.07, 6.45) is 1.29. The van der Waals surface area contributed by atoms with E-state index in [-0.39, 0.29) is 5.88 Å². The van der Waals surface area contributed by atoms with Crippen molar-refractivity contribution in [1.82, 2.24) is 5.32 Å². The van der Waals surface area contributed by atoms with Gasteiger partial charge in [0.1, 0.15) is 0 Å². The average molecular weight is 178 g/mol. The van der Waals surface area contributed by atoms with Gasteiger partial charge in [-0.15, -0.1) is 11.6 Å². The molecule has 1 aliphatic rings. The molecule has 0 radical (unpaired) electrons. The number of hydrogen-bond acceptors (Lipinski definition) is 2. The van der Waals surface area contributed by atoms with Crippen molar-refractivity contribution in [3.05, 3.63) is 0 Å². The van der Waals surface area contributed by atoms with Crippen molar-refractivity contribution in [3.63, 3.8) is 0 Å². The Bertz CT molecular complexity index is 155. The Morgan fingerprint density at radius 1 is 1.55 bits per heavy atom. The van der Waals surface area contributed by atoms with Crippen molar-refractivity contribution < 1.29 is 9.90 Å². The summed E-state index contributed by atoms with van der Waals surface area (Å²) >= 11 is 5.62. The molecule has 1 fully saturated rings. The molecule has 1 aliphatic heterocycles. The van der Waals surface area contributed by atoms with Gasteiger partial charge in [-0.1, -0.05) is 0 Å². The third-order valence-electron chi connectivity index (χ3n) is 2.27. The molecule has 0 spiro atoms.